The van der Waals surface area contributed by atoms with Gasteiger partial charge < -0.3 is 36.9 Å². The number of aliphatic hydroxyl groups is 1. The monoisotopic (exact) mass is 549 g/mol. The second-order valence-corrected chi connectivity index (χ2v) is 10.7. The van der Waals surface area contributed by atoms with Crippen molar-refractivity contribution in [3.05, 3.63) is 36.0 Å². The molecule has 0 bridgehead atoms. The molecule has 8 N–H and O–H groups in total. The number of aromatic nitrogens is 1. The van der Waals surface area contributed by atoms with E-state index in [2.05, 4.69) is 20.9 Å². The molecule has 0 aliphatic heterocycles. The molecule has 0 aliphatic carbocycles. The highest BCUT2D eigenvalue weighted by molar-refractivity contribution is 7.98. The number of aliphatic carboxylic acids is 1. The smallest absolute Gasteiger partial charge is 0.326 e. The lowest BCUT2D eigenvalue weighted by Crippen LogP contribution is -2.58. The quantitative estimate of drug-likeness (QED) is 0.170. The fourth-order valence-corrected chi connectivity index (χ4v) is 4.43. The summed E-state index contributed by atoms with van der Waals surface area (Å²) in [4.78, 5) is 53.9. The Hall–Kier alpha value is -3.09. The van der Waals surface area contributed by atoms with Crippen molar-refractivity contribution < 1.29 is 29.4 Å². The third-order valence-electron chi connectivity index (χ3n) is 6.12. The van der Waals surface area contributed by atoms with E-state index in [0.717, 1.165) is 16.5 Å². The van der Waals surface area contributed by atoms with E-state index in [1.54, 1.807) is 6.20 Å². The van der Waals surface area contributed by atoms with Crippen molar-refractivity contribution in [2.24, 2.45) is 11.7 Å². The highest BCUT2D eigenvalue weighted by Gasteiger charge is 2.31. The number of para-hydroxylation sites is 1. The van der Waals surface area contributed by atoms with Gasteiger partial charge in [0.1, 0.15) is 24.2 Å². The number of hydrogen-bond acceptors (Lipinski definition) is 7. The first-order chi connectivity index (χ1) is 17.9. The molecule has 2 aromatic rings. The number of nitrogens with one attached hydrogen (secondary N) is 4. The van der Waals surface area contributed by atoms with E-state index in [4.69, 9.17) is 5.73 Å². The number of hydrogen-bond donors (Lipinski definition) is 7. The molecule has 11 nitrogen and oxygen atoms in total. The number of fused-ring (bicyclic) bond motifs is 1. The molecule has 0 radical (unpaired) electrons. The van der Waals surface area contributed by atoms with Crippen LogP contribution in [0, 0.1) is 5.92 Å². The van der Waals surface area contributed by atoms with E-state index >= 15 is 0 Å². The van der Waals surface area contributed by atoms with Crippen LogP contribution < -0.4 is 21.7 Å². The second-order valence-electron chi connectivity index (χ2n) is 9.76. The molecule has 5 unspecified atom stereocenters. The zero-order valence-corrected chi connectivity index (χ0v) is 23.0. The van der Waals surface area contributed by atoms with Gasteiger partial charge in [-0.05, 0) is 49.3 Å². The number of amides is 3. The Labute approximate surface area is 226 Å². The first-order valence-electron chi connectivity index (χ1n) is 12.6. The van der Waals surface area contributed by atoms with Gasteiger partial charge in [0.25, 0.3) is 0 Å². The predicted octanol–water partition coefficient (Wildman–Crippen LogP) is 0.757. The number of thioether (sulfide) groups is 1. The van der Waals surface area contributed by atoms with Crippen molar-refractivity contribution in [3.8, 4) is 0 Å². The molecular formula is C26H39N5O6S. The number of carboxylic acids is 1. The zero-order chi connectivity index (χ0) is 28.4. The van der Waals surface area contributed by atoms with Gasteiger partial charge in [-0.1, -0.05) is 32.0 Å². The number of aromatic amines is 1. The summed E-state index contributed by atoms with van der Waals surface area (Å²) >= 11 is 1.48. The third kappa shape index (κ3) is 9.03. The molecule has 1 aromatic heterocycles. The lowest BCUT2D eigenvalue weighted by atomic mass is 10.0. The first-order valence-corrected chi connectivity index (χ1v) is 13.9. The maximum absolute atomic E-state index is 13.2. The Morgan fingerprint density at radius 2 is 1.58 bits per heavy atom. The van der Waals surface area contributed by atoms with Gasteiger partial charge in [0.2, 0.25) is 17.7 Å². The number of carbonyl (C=O) groups is 4. The Kier molecular flexibility index (Phi) is 12.1. The summed E-state index contributed by atoms with van der Waals surface area (Å²) in [6, 6.07) is 3.03. The standard InChI is InChI=1S/C26H39N5O6S/c1-14(2)11-20(30-23(33)19(9-10-38-4)29-25(35)22(27)15(3)32)24(34)31-21(26(36)37)12-16-13-28-18-8-6-5-7-17(16)18/h5-8,13-15,19-22,28,32H,9-12,27H2,1-4H3,(H,29,35)(H,30,33)(H,31,34)(H,36,37). The number of aliphatic hydroxyl groups excluding tert-OH is 1. The van der Waals surface area contributed by atoms with Crippen LogP contribution in [0.25, 0.3) is 10.9 Å². The summed E-state index contributed by atoms with van der Waals surface area (Å²) in [6.07, 6.45) is 3.05. The molecule has 2 rings (SSSR count). The van der Waals surface area contributed by atoms with Gasteiger partial charge in [-0.25, -0.2) is 4.79 Å². The van der Waals surface area contributed by atoms with Gasteiger partial charge in [0, 0.05) is 23.5 Å². The highest BCUT2D eigenvalue weighted by Crippen LogP contribution is 2.19. The molecule has 210 valence electrons. The Balaban J connectivity index is 2.17. The molecule has 0 saturated carbocycles. The molecule has 0 fully saturated rings. The molecule has 0 spiro atoms. The van der Waals surface area contributed by atoms with Crippen LogP contribution in [0.3, 0.4) is 0 Å². The van der Waals surface area contributed by atoms with Crippen LogP contribution in [0.4, 0.5) is 0 Å². The van der Waals surface area contributed by atoms with E-state index in [9.17, 15) is 29.4 Å². The fraction of sp³-hybridized carbons (Fsp3) is 0.538. The number of carbonyl (C=O) groups excluding carboxylic acids is 3. The van der Waals surface area contributed by atoms with E-state index in [1.165, 1.54) is 18.7 Å². The molecule has 3 amide bonds. The van der Waals surface area contributed by atoms with Crippen LogP contribution >= 0.6 is 11.8 Å². The predicted molar refractivity (Wildman–Crippen MR) is 148 cm³/mol. The lowest BCUT2D eigenvalue weighted by Gasteiger charge is -2.26. The van der Waals surface area contributed by atoms with Gasteiger partial charge in [0.15, 0.2) is 0 Å². The van der Waals surface area contributed by atoms with E-state index in [1.807, 2.05) is 44.4 Å². The highest BCUT2D eigenvalue weighted by atomic mass is 32.2. The second kappa shape index (κ2) is 14.7. The number of nitrogens with two attached hydrogens (primary N) is 1. The zero-order valence-electron chi connectivity index (χ0n) is 22.2. The number of rotatable bonds is 15. The normalized spacial score (nSPS) is 15.3. The average molecular weight is 550 g/mol. The van der Waals surface area contributed by atoms with Crippen molar-refractivity contribution in [3.63, 3.8) is 0 Å². The number of benzene rings is 1. The molecule has 1 heterocycles. The fourth-order valence-electron chi connectivity index (χ4n) is 3.96. The minimum Gasteiger partial charge on any atom is -0.480 e. The Morgan fingerprint density at radius 3 is 2.18 bits per heavy atom. The lowest BCUT2D eigenvalue weighted by molar-refractivity contribution is -0.142. The van der Waals surface area contributed by atoms with E-state index in [-0.39, 0.29) is 25.2 Å². The Bertz CT molecular complexity index is 1100. The van der Waals surface area contributed by atoms with Crippen molar-refractivity contribution in [1.29, 1.82) is 0 Å². The molecule has 5 atom stereocenters. The van der Waals surface area contributed by atoms with Crippen LogP contribution in [0.1, 0.15) is 39.2 Å². The summed E-state index contributed by atoms with van der Waals surface area (Å²) in [6.45, 7) is 5.13. The molecule has 12 heteroatoms. The van der Waals surface area contributed by atoms with Gasteiger partial charge >= 0.3 is 5.97 Å². The van der Waals surface area contributed by atoms with Gasteiger partial charge in [-0.3, -0.25) is 14.4 Å². The van der Waals surface area contributed by atoms with Crippen LogP contribution in [0.2, 0.25) is 0 Å². The van der Waals surface area contributed by atoms with Gasteiger partial charge in [0.05, 0.1) is 6.10 Å². The van der Waals surface area contributed by atoms with Gasteiger partial charge in [-0.2, -0.15) is 11.8 Å². The molecule has 0 saturated heterocycles. The number of H-pyrrole nitrogens is 1. The van der Waals surface area contributed by atoms with Crippen molar-refractivity contribution >= 4 is 46.4 Å². The topological polar surface area (TPSA) is 187 Å². The molecular weight excluding hydrogens is 510 g/mol. The van der Waals surface area contributed by atoms with Gasteiger partial charge in [-0.15, -0.1) is 0 Å². The van der Waals surface area contributed by atoms with Crippen LogP contribution in [-0.4, -0.2) is 81.2 Å². The summed E-state index contributed by atoms with van der Waals surface area (Å²) in [5.74, 6) is -2.55. The maximum Gasteiger partial charge on any atom is 0.326 e. The Morgan fingerprint density at radius 1 is 0.974 bits per heavy atom. The molecule has 0 aliphatic rings. The van der Waals surface area contributed by atoms with E-state index < -0.39 is 54.0 Å². The molecule has 38 heavy (non-hydrogen) atoms. The summed E-state index contributed by atoms with van der Waals surface area (Å²) in [5.41, 5.74) is 7.31. The van der Waals surface area contributed by atoms with Crippen LogP contribution in [-0.2, 0) is 25.6 Å². The van der Waals surface area contributed by atoms with Crippen molar-refractivity contribution in [2.75, 3.05) is 12.0 Å². The maximum atomic E-state index is 13.2. The minimum atomic E-state index is -1.22. The SMILES string of the molecule is CSCCC(NC(=O)C(N)C(C)O)C(=O)NC(CC(C)C)C(=O)NC(Cc1c[nH]c2ccccc12)C(=O)O. The van der Waals surface area contributed by atoms with Crippen LogP contribution in [0.5, 0.6) is 0 Å². The largest absolute Gasteiger partial charge is 0.480 e. The average Bonchev–Trinajstić information content (AvgIpc) is 3.27. The first kappa shape index (κ1) is 31.1. The van der Waals surface area contributed by atoms with Crippen molar-refractivity contribution in [2.45, 2.75) is 70.3 Å². The summed E-state index contributed by atoms with van der Waals surface area (Å²) in [7, 11) is 0. The van der Waals surface area contributed by atoms with Crippen molar-refractivity contribution in [1.82, 2.24) is 20.9 Å². The number of carboxylic acid groups (broad SMARTS) is 1. The van der Waals surface area contributed by atoms with Crippen LogP contribution in [0.15, 0.2) is 30.5 Å². The minimum absolute atomic E-state index is 0.00541. The molecule has 1 aromatic carbocycles. The summed E-state index contributed by atoms with van der Waals surface area (Å²) in [5, 5.41) is 28.1. The third-order valence-corrected chi connectivity index (χ3v) is 6.76. The summed E-state index contributed by atoms with van der Waals surface area (Å²) < 4.78 is 0. The van der Waals surface area contributed by atoms with E-state index in [0.29, 0.717) is 5.75 Å².